The molecule has 3 nitrogen and oxygen atoms in total. The normalized spacial score (nSPS) is 11.8. The molecule has 0 aliphatic carbocycles. The fraction of sp³-hybridized carbons (Fsp3) is 0.958. The topological polar surface area (TPSA) is 40.1 Å². The minimum Gasteiger partial charge on any atom is -0.550 e. The van der Waals surface area contributed by atoms with E-state index < -0.39 is 5.97 Å². The Morgan fingerprint density at radius 3 is 1.26 bits per heavy atom. The van der Waals surface area contributed by atoms with Gasteiger partial charge in [-0.2, -0.15) is 0 Å². The van der Waals surface area contributed by atoms with Crippen molar-refractivity contribution in [3.63, 3.8) is 0 Å². The number of nitrogens with zero attached hydrogens (tertiary/aromatic N) is 1. The molecule has 0 N–H and O–H groups in total. The maximum Gasteiger partial charge on any atom is 0.0786 e. The van der Waals surface area contributed by atoms with Gasteiger partial charge >= 0.3 is 0 Å². The number of aliphatic carboxylic acids is 1. The maximum atomic E-state index is 9.97. The highest BCUT2D eigenvalue weighted by atomic mass is 16.4. The summed E-state index contributed by atoms with van der Waals surface area (Å²) in [5, 5.41) is 9.97. The molecule has 0 aromatic rings. The van der Waals surface area contributed by atoms with Gasteiger partial charge in [0.05, 0.1) is 26.2 Å². The summed E-state index contributed by atoms with van der Waals surface area (Å²) < 4.78 is 1.42. The fourth-order valence-corrected chi connectivity index (χ4v) is 3.41. The van der Waals surface area contributed by atoms with Crippen molar-refractivity contribution in [2.75, 3.05) is 26.2 Å². The van der Waals surface area contributed by atoms with Gasteiger partial charge in [-0.1, -0.05) is 74.1 Å². The minimum absolute atomic E-state index is 0.192. The van der Waals surface area contributed by atoms with Gasteiger partial charge in [-0.05, 0) is 50.4 Å². The highest BCUT2D eigenvalue weighted by Gasteiger charge is 2.24. The Bertz CT molecular complexity index is 296. The average molecular weight is 386 g/mol. The number of hydrogen-bond donors (Lipinski definition) is 0. The van der Waals surface area contributed by atoms with Crippen molar-refractivity contribution in [3.05, 3.63) is 0 Å². The van der Waals surface area contributed by atoms with E-state index in [2.05, 4.69) is 48.5 Å². The van der Waals surface area contributed by atoms with E-state index in [4.69, 9.17) is 0 Å². The van der Waals surface area contributed by atoms with Crippen LogP contribution >= 0.6 is 0 Å². The smallest absolute Gasteiger partial charge is 0.0786 e. The van der Waals surface area contributed by atoms with Crippen LogP contribution in [0.3, 0.4) is 0 Å². The number of carboxylic acid groups (broad SMARTS) is 1. The first-order chi connectivity index (χ1) is 12.7. The fourth-order valence-electron chi connectivity index (χ4n) is 3.41. The Balaban J connectivity index is 0. The molecular formula is C24H51NO2. The van der Waals surface area contributed by atoms with Crippen LogP contribution in [0.4, 0.5) is 0 Å². The lowest BCUT2D eigenvalue weighted by molar-refractivity contribution is -0.929. The molecule has 0 amide bonds. The van der Waals surface area contributed by atoms with Crippen LogP contribution in [0.2, 0.25) is 0 Å². The third kappa shape index (κ3) is 20.0. The van der Waals surface area contributed by atoms with Crippen LogP contribution in [-0.4, -0.2) is 36.6 Å². The highest BCUT2D eigenvalue weighted by Crippen LogP contribution is 2.21. The SMILES string of the molecule is CC(C)(C)CCCC(=O)[O-].CCCC[N+](CCCC)(CCCC)CCCC. The predicted octanol–water partition coefficient (Wildman–Crippen LogP) is 5.96. The van der Waals surface area contributed by atoms with Gasteiger partial charge in [0.2, 0.25) is 0 Å². The van der Waals surface area contributed by atoms with Crippen LogP contribution in [0.1, 0.15) is 119 Å². The molecule has 0 fully saturated rings. The van der Waals surface area contributed by atoms with E-state index in [1.165, 1.54) is 82.0 Å². The molecule has 0 aromatic carbocycles. The summed E-state index contributed by atoms with van der Waals surface area (Å²) in [6.45, 7) is 21.3. The van der Waals surface area contributed by atoms with E-state index in [-0.39, 0.29) is 11.8 Å². The van der Waals surface area contributed by atoms with Gasteiger partial charge in [-0.15, -0.1) is 0 Å². The van der Waals surface area contributed by atoms with Gasteiger partial charge < -0.3 is 14.4 Å². The molecule has 27 heavy (non-hydrogen) atoms. The highest BCUT2D eigenvalue weighted by molar-refractivity contribution is 5.64. The summed E-state index contributed by atoms with van der Waals surface area (Å²) in [5.74, 6) is -0.941. The number of quaternary nitrogens is 1. The Morgan fingerprint density at radius 1 is 0.704 bits per heavy atom. The zero-order valence-electron chi connectivity index (χ0n) is 19.9. The molecule has 0 aromatic heterocycles. The Hall–Kier alpha value is -0.570. The molecule has 0 atom stereocenters. The zero-order valence-corrected chi connectivity index (χ0v) is 19.9. The molecule has 3 heteroatoms. The number of unbranched alkanes of at least 4 members (excludes halogenated alkanes) is 4. The lowest BCUT2D eigenvalue weighted by Gasteiger charge is -2.39. The van der Waals surface area contributed by atoms with E-state index in [1.54, 1.807) is 0 Å². The van der Waals surface area contributed by atoms with Gasteiger partial charge in [0.1, 0.15) is 0 Å². The van der Waals surface area contributed by atoms with Crippen molar-refractivity contribution < 1.29 is 14.4 Å². The van der Waals surface area contributed by atoms with E-state index in [0.29, 0.717) is 0 Å². The Morgan fingerprint density at radius 2 is 1.04 bits per heavy atom. The Labute approximate surface area is 171 Å². The number of hydrogen-bond acceptors (Lipinski definition) is 2. The first-order valence-corrected chi connectivity index (χ1v) is 11.7. The lowest BCUT2D eigenvalue weighted by Crippen LogP contribution is -2.50. The molecular weight excluding hydrogens is 334 g/mol. The van der Waals surface area contributed by atoms with Gasteiger partial charge in [-0.3, -0.25) is 0 Å². The second kappa shape index (κ2) is 17.5. The van der Waals surface area contributed by atoms with Crippen molar-refractivity contribution in [1.82, 2.24) is 0 Å². The van der Waals surface area contributed by atoms with E-state index >= 15 is 0 Å². The number of rotatable bonds is 15. The number of carbonyl (C=O) groups is 1. The summed E-state index contributed by atoms with van der Waals surface area (Å²) in [7, 11) is 0. The van der Waals surface area contributed by atoms with Gasteiger partial charge in [0.25, 0.3) is 0 Å². The molecule has 0 aliphatic rings. The van der Waals surface area contributed by atoms with Crippen molar-refractivity contribution in [1.29, 1.82) is 0 Å². The van der Waals surface area contributed by atoms with E-state index in [1.807, 2.05) is 0 Å². The molecule has 0 heterocycles. The molecule has 164 valence electrons. The van der Waals surface area contributed by atoms with Crippen LogP contribution in [0, 0.1) is 5.41 Å². The standard InChI is InChI=1S/C16H36N.C8H16O2/c1-5-9-13-17(14-10-6-2,15-11-7-3)16-12-8-4;1-8(2,3)6-4-5-7(9)10/h5-16H2,1-4H3;4-6H2,1-3H3,(H,9,10)/q+1;/p-1. The summed E-state index contributed by atoms with van der Waals surface area (Å²) in [4.78, 5) is 9.97. The van der Waals surface area contributed by atoms with Gasteiger partial charge in [0.15, 0.2) is 0 Å². The second-order valence-electron chi connectivity index (χ2n) is 9.44. The van der Waals surface area contributed by atoms with E-state index in [9.17, 15) is 9.90 Å². The minimum atomic E-state index is -0.941. The average Bonchev–Trinajstić information content (AvgIpc) is 2.59. The van der Waals surface area contributed by atoms with Crippen LogP contribution in [0.15, 0.2) is 0 Å². The maximum absolute atomic E-state index is 9.97. The second-order valence-corrected chi connectivity index (χ2v) is 9.44. The third-order valence-electron chi connectivity index (χ3n) is 5.25. The first kappa shape index (κ1) is 28.6. The predicted molar refractivity (Wildman–Crippen MR) is 118 cm³/mol. The molecule has 0 saturated carbocycles. The largest absolute Gasteiger partial charge is 0.550 e. The van der Waals surface area contributed by atoms with Crippen LogP contribution < -0.4 is 5.11 Å². The van der Waals surface area contributed by atoms with Crippen molar-refractivity contribution in [3.8, 4) is 0 Å². The molecule has 0 bridgehead atoms. The zero-order chi connectivity index (χ0) is 21.2. The quantitative estimate of drug-likeness (QED) is 0.326. The summed E-state index contributed by atoms with van der Waals surface area (Å²) in [6.07, 6.45) is 12.9. The molecule has 0 rings (SSSR count). The lowest BCUT2D eigenvalue weighted by atomic mass is 9.90. The number of carboxylic acids is 1. The van der Waals surface area contributed by atoms with Crippen molar-refractivity contribution in [2.45, 2.75) is 119 Å². The van der Waals surface area contributed by atoms with Gasteiger partial charge in [0, 0.05) is 5.97 Å². The van der Waals surface area contributed by atoms with Crippen LogP contribution in [0.5, 0.6) is 0 Å². The molecule has 0 radical (unpaired) electrons. The Kier molecular flexibility index (Phi) is 18.6. The molecule has 0 aliphatic heterocycles. The molecule has 0 unspecified atom stereocenters. The first-order valence-electron chi connectivity index (χ1n) is 11.7. The van der Waals surface area contributed by atoms with Crippen LogP contribution in [0.25, 0.3) is 0 Å². The molecule has 0 saturated heterocycles. The van der Waals surface area contributed by atoms with Crippen molar-refractivity contribution >= 4 is 5.97 Å². The van der Waals surface area contributed by atoms with Gasteiger partial charge in [-0.25, -0.2) is 0 Å². The monoisotopic (exact) mass is 385 g/mol. The summed E-state index contributed by atoms with van der Waals surface area (Å²) in [5.41, 5.74) is 0.245. The van der Waals surface area contributed by atoms with Crippen molar-refractivity contribution in [2.24, 2.45) is 5.41 Å². The summed E-state index contributed by atoms with van der Waals surface area (Å²) in [6, 6.07) is 0. The van der Waals surface area contributed by atoms with E-state index in [0.717, 1.165) is 12.8 Å². The number of carbonyl (C=O) groups excluding carboxylic acids is 1. The summed E-state index contributed by atoms with van der Waals surface area (Å²) >= 11 is 0. The third-order valence-corrected chi connectivity index (χ3v) is 5.25. The van der Waals surface area contributed by atoms with Crippen LogP contribution in [-0.2, 0) is 4.79 Å². The molecule has 0 spiro atoms.